The quantitative estimate of drug-likeness (QED) is 0.159. The van der Waals surface area contributed by atoms with Crippen LogP contribution < -0.4 is 9.47 Å². The van der Waals surface area contributed by atoms with Gasteiger partial charge in [0.15, 0.2) is 11.6 Å². The van der Waals surface area contributed by atoms with Crippen LogP contribution in [0, 0.1) is 17.5 Å². The van der Waals surface area contributed by atoms with E-state index < -0.39 is 11.6 Å². The Kier molecular flexibility index (Phi) is 8.68. The molecule has 0 saturated heterocycles. The second-order valence-corrected chi connectivity index (χ2v) is 8.59. The van der Waals surface area contributed by atoms with E-state index >= 15 is 0 Å². The summed E-state index contributed by atoms with van der Waals surface area (Å²) in [5, 5.41) is 0. The average molecular weight is 503 g/mol. The van der Waals surface area contributed by atoms with E-state index in [0.29, 0.717) is 41.4 Å². The first kappa shape index (κ1) is 26.1. The lowest BCUT2D eigenvalue weighted by Crippen LogP contribution is -1.96. The van der Waals surface area contributed by atoms with Gasteiger partial charge in [0.2, 0.25) is 0 Å². The molecule has 0 saturated carbocycles. The molecule has 4 aromatic carbocycles. The number of rotatable bonds is 10. The first-order chi connectivity index (χ1) is 18.0. The van der Waals surface area contributed by atoms with Crippen molar-refractivity contribution in [2.75, 3.05) is 13.2 Å². The third-order valence-electron chi connectivity index (χ3n) is 5.97. The molecule has 37 heavy (non-hydrogen) atoms. The number of hydrogen-bond donors (Lipinski definition) is 0. The summed E-state index contributed by atoms with van der Waals surface area (Å²) < 4.78 is 55.2. The predicted octanol–water partition coefficient (Wildman–Crippen LogP) is 9.19. The molecule has 0 aliphatic carbocycles. The van der Waals surface area contributed by atoms with Gasteiger partial charge in [-0.15, -0.1) is 0 Å². The molecule has 5 heteroatoms. The lowest BCUT2D eigenvalue weighted by molar-refractivity contribution is 0.309. The Hall–Kier alpha value is -3.99. The minimum atomic E-state index is -0.912. The molecule has 0 heterocycles. The number of unbranched alkanes of at least 4 members (excludes halogenated alkanes) is 1. The van der Waals surface area contributed by atoms with Gasteiger partial charge in [-0.05, 0) is 54.3 Å². The SMILES string of the molecule is CCCCOc1ccc(-c2ccc(/C=C/c3ccc(-c4ccc(OCC)cc4F)cc3)c(F)c2F)cc1. The molecule has 0 N–H and O–H groups in total. The molecule has 0 aromatic heterocycles. The van der Waals surface area contributed by atoms with Crippen molar-refractivity contribution in [3.05, 3.63) is 107 Å². The average Bonchev–Trinajstić information content (AvgIpc) is 2.91. The van der Waals surface area contributed by atoms with E-state index in [9.17, 15) is 13.2 Å². The van der Waals surface area contributed by atoms with E-state index in [-0.39, 0.29) is 16.9 Å². The highest BCUT2D eigenvalue weighted by Gasteiger charge is 2.14. The van der Waals surface area contributed by atoms with Gasteiger partial charge >= 0.3 is 0 Å². The van der Waals surface area contributed by atoms with Crippen LogP contribution in [-0.4, -0.2) is 13.2 Å². The third kappa shape index (κ3) is 6.42. The zero-order valence-electron chi connectivity index (χ0n) is 20.9. The van der Waals surface area contributed by atoms with E-state index in [1.54, 1.807) is 78.9 Å². The molecular weight excluding hydrogens is 473 g/mol. The van der Waals surface area contributed by atoms with Crippen molar-refractivity contribution in [3.8, 4) is 33.8 Å². The fourth-order valence-electron chi connectivity index (χ4n) is 3.93. The summed E-state index contributed by atoms with van der Waals surface area (Å²) >= 11 is 0. The van der Waals surface area contributed by atoms with E-state index in [0.717, 1.165) is 18.4 Å². The first-order valence-corrected chi connectivity index (χ1v) is 12.4. The minimum absolute atomic E-state index is 0.141. The van der Waals surface area contributed by atoms with Crippen molar-refractivity contribution in [3.63, 3.8) is 0 Å². The lowest BCUT2D eigenvalue weighted by Gasteiger charge is -2.09. The summed E-state index contributed by atoms with van der Waals surface area (Å²) in [7, 11) is 0. The second kappa shape index (κ2) is 12.3. The molecule has 4 rings (SSSR count). The molecule has 2 nitrogen and oxygen atoms in total. The summed E-state index contributed by atoms with van der Waals surface area (Å²) in [5.41, 5.74) is 2.85. The monoisotopic (exact) mass is 502 g/mol. The van der Waals surface area contributed by atoms with Gasteiger partial charge in [-0.25, -0.2) is 13.2 Å². The Balaban J connectivity index is 1.47. The van der Waals surface area contributed by atoms with Crippen LogP contribution in [0.4, 0.5) is 13.2 Å². The maximum Gasteiger partial charge on any atom is 0.167 e. The maximum atomic E-state index is 14.9. The number of hydrogen-bond acceptors (Lipinski definition) is 2. The summed E-state index contributed by atoms with van der Waals surface area (Å²) in [6, 6.07) is 22.0. The van der Waals surface area contributed by atoms with Crippen molar-refractivity contribution in [2.24, 2.45) is 0 Å². The van der Waals surface area contributed by atoms with Crippen molar-refractivity contribution in [2.45, 2.75) is 26.7 Å². The molecular formula is C32H29F3O2. The molecule has 0 spiro atoms. The smallest absolute Gasteiger partial charge is 0.167 e. The van der Waals surface area contributed by atoms with Gasteiger partial charge in [-0.1, -0.05) is 74.0 Å². The molecule has 0 radical (unpaired) electrons. The third-order valence-corrected chi connectivity index (χ3v) is 5.97. The lowest BCUT2D eigenvalue weighted by atomic mass is 10.0. The molecule has 0 unspecified atom stereocenters. The van der Waals surface area contributed by atoms with Gasteiger partial charge in [0, 0.05) is 22.8 Å². The molecule has 0 bridgehead atoms. The Bertz CT molecular complexity index is 1360. The zero-order chi connectivity index (χ0) is 26.2. The predicted molar refractivity (Wildman–Crippen MR) is 144 cm³/mol. The summed E-state index contributed by atoms with van der Waals surface area (Å²) in [6.45, 7) is 5.03. The van der Waals surface area contributed by atoms with Crippen LogP contribution >= 0.6 is 0 Å². The zero-order valence-corrected chi connectivity index (χ0v) is 20.9. The van der Waals surface area contributed by atoms with Crippen molar-refractivity contribution in [1.29, 1.82) is 0 Å². The highest BCUT2D eigenvalue weighted by atomic mass is 19.2. The molecule has 0 aliphatic rings. The van der Waals surface area contributed by atoms with Crippen molar-refractivity contribution >= 4 is 12.2 Å². The largest absolute Gasteiger partial charge is 0.494 e. The number of ether oxygens (including phenoxy) is 2. The van der Waals surface area contributed by atoms with Gasteiger partial charge in [0.1, 0.15) is 17.3 Å². The topological polar surface area (TPSA) is 18.5 Å². The van der Waals surface area contributed by atoms with E-state index in [4.69, 9.17) is 9.47 Å². The number of halogens is 3. The Morgan fingerprint density at radius 1 is 0.649 bits per heavy atom. The van der Waals surface area contributed by atoms with Gasteiger partial charge in [0.25, 0.3) is 0 Å². The Morgan fingerprint density at radius 3 is 1.97 bits per heavy atom. The molecule has 0 aliphatic heterocycles. The summed E-state index contributed by atoms with van der Waals surface area (Å²) in [5.74, 6) is -0.996. The molecule has 0 atom stereocenters. The molecule has 0 fully saturated rings. The first-order valence-electron chi connectivity index (χ1n) is 12.4. The standard InChI is InChI=1S/C32H29F3O2/c1-3-5-20-37-26-15-12-24(13-16-26)29-18-14-25(31(34)32(29)35)11-8-22-6-9-23(10-7-22)28-19-17-27(36-4-2)21-30(28)33/h6-19,21H,3-5,20H2,1-2H3/b11-8+. The molecule has 0 amide bonds. The fraction of sp³-hybridized carbons (Fsp3) is 0.188. The van der Waals surface area contributed by atoms with Gasteiger partial charge < -0.3 is 9.47 Å². The van der Waals surface area contributed by atoms with Gasteiger partial charge in [-0.3, -0.25) is 0 Å². The van der Waals surface area contributed by atoms with Gasteiger partial charge in [0.05, 0.1) is 13.2 Å². The molecule has 190 valence electrons. The minimum Gasteiger partial charge on any atom is -0.494 e. The highest BCUT2D eigenvalue weighted by molar-refractivity contribution is 5.74. The van der Waals surface area contributed by atoms with Crippen LogP contribution in [0.15, 0.2) is 78.9 Å². The van der Waals surface area contributed by atoms with Gasteiger partial charge in [-0.2, -0.15) is 0 Å². The molecule has 4 aromatic rings. The van der Waals surface area contributed by atoms with Crippen LogP contribution in [0.25, 0.3) is 34.4 Å². The van der Waals surface area contributed by atoms with E-state index in [1.807, 2.05) is 6.92 Å². The van der Waals surface area contributed by atoms with Crippen molar-refractivity contribution < 1.29 is 22.6 Å². The van der Waals surface area contributed by atoms with Crippen molar-refractivity contribution in [1.82, 2.24) is 0 Å². The van der Waals surface area contributed by atoms with Crippen LogP contribution in [0.1, 0.15) is 37.8 Å². The summed E-state index contributed by atoms with van der Waals surface area (Å²) in [4.78, 5) is 0. The Morgan fingerprint density at radius 2 is 1.30 bits per heavy atom. The maximum absolute atomic E-state index is 14.9. The summed E-state index contributed by atoms with van der Waals surface area (Å²) in [6.07, 6.45) is 5.22. The van der Waals surface area contributed by atoms with Crippen LogP contribution in [0.2, 0.25) is 0 Å². The number of benzene rings is 4. The van der Waals surface area contributed by atoms with E-state index in [1.165, 1.54) is 12.1 Å². The van der Waals surface area contributed by atoms with E-state index in [2.05, 4.69) is 6.92 Å². The Labute approximate surface area is 216 Å². The second-order valence-electron chi connectivity index (χ2n) is 8.59. The fourth-order valence-corrected chi connectivity index (χ4v) is 3.93. The van der Waals surface area contributed by atoms with Crippen LogP contribution in [-0.2, 0) is 0 Å². The normalized spacial score (nSPS) is 11.2. The highest BCUT2D eigenvalue weighted by Crippen LogP contribution is 2.30. The van der Waals surface area contributed by atoms with Crippen LogP contribution in [0.5, 0.6) is 11.5 Å². The van der Waals surface area contributed by atoms with Crippen LogP contribution in [0.3, 0.4) is 0 Å².